The van der Waals surface area contributed by atoms with Gasteiger partial charge in [-0.05, 0) is 36.6 Å². The van der Waals surface area contributed by atoms with Gasteiger partial charge in [0.25, 0.3) is 0 Å². The van der Waals surface area contributed by atoms with Crippen LogP contribution < -0.4 is 0 Å². The van der Waals surface area contributed by atoms with Crippen molar-refractivity contribution in [2.45, 2.75) is 24.8 Å². The van der Waals surface area contributed by atoms with Gasteiger partial charge in [-0.25, -0.2) is 8.42 Å². The molecular formula is C20H23N3O2S. The van der Waals surface area contributed by atoms with Gasteiger partial charge in [0.2, 0.25) is 10.0 Å². The second-order valence-corrected chi connectivity index (χ2v) is 8.50. The molecule has 1 unspecified atom stereocenters. The molecule has 3 rings (SSSR count). The van der Waals surface area contributed by atoms with Crippen LogP contribution in [0.2, 0.25) is 0 Å². The van der Waals surface area contributed by atoms with Gasteiger partial charge in [0.1, 0.15) is 6.04 Å². The predicted molar refractivity (Wildman–Crippen MR) is 101 cm³/mol. The minimum atomic E-state index is -3.50. The van der Waals surface area contributed by atoms with Crippen LogP contribution in [0.25, 0.3) is 0 Å². The molecule has 1 heterocycles. The molecule has 0 saturated carbocycles. The van der Waals surface area contributed by atoms with Crippen LogP contribution in [-0.2, 0) is 10.0 Å². The van der Waals surface area contributed by atoms with Crippen molar-refractivity contribution in [2.24, 2.45) is 0 Å². The highest BCUT2D eigenvalue weighted by molar-refractivity contribution is 7.89. The standard InChI is InChI=1S/C20H23N3O2S/c1-16-7-3-5-9-18(16)19(15-21)22-11-13-23(14-12-22)26(24,25)20-10-6-4-8-17(20)2/h3-10,19H,11-14H2,1-2H3. The first-order chi connectivity index (χ1) is 12.4. The summed E-state index contributed by atoms with van der Waals surface area (Å²) in [6.07, 6.45) is 0. The Morgan fingerprint density at radius 1 is 0.923 bits per heavy atom. The number of benzene rings is 2. The quantitative estimate of drug-likeness (QED) is 0.831. The number of aryl methyl sites for hydroxylation is 2. The molecule has 1 atom stereocenters. The van der Waals surface area contributed by atoms with Gasteiger partial charge in [-0.15, -0.1) is 0 Å². The first kappa shape index (κ1) is 18.6. The number of hydrogen-bond donors (Lipinski definition) is 0. The minimum absolute atomic E-state index is 0.348. The number of piperazine rings is 1. The molecule has 0 aliphatic carbocycles. The summed E-state index contributed by atoms with van der Waals surface area (Å²) in [6, 6.07) is 17.0. The molecule has 0 spiro atoms. The Balaban J connectivity index is 1.76. The van der Waals surface area contributed by atoms with Crippen molar-refractivity contribution in [3.63, 3.8) is 0 Å². The summed E-state index contributed by atoms with van der Waals surface area (Å²) in [6.45, 7) is 5.67. The van der Waals surface area contributed by atoms with Gasteiger partial charge < -0.3 is 0 Å². The van der Waals surface area contributed by atoms with Gasteiger partial charge in [0.05, 0.1) is 11.0 Å². The Kier molecular flexibility index (Phi) is 5.42. The van der Waals surface area contributed by atoms with Crippen molar-refractivity contribution in [3.05, 3.63) is 65.2 Å². The Hall–Kier alpha value is -2.20. The summed E-state index contributed by atoms with van der Waals surface area (Å²) < 4.78 is 27.4. The maximum atomic E-state index is 12.9. The third-order valence-electron chi connectivity index (χ3n) is 4.96. The van der Waals surface area contributed by atoms with Crippen molar-refractivity contribution in [2.75, 3.05) is 26.2 Å². The van der Waals surface area contributed by atoms with E-state index in [0.29, 0.717) is 31.1 Å². The molecule has 1 saturated heterocycles. The van der Waals surface area contributed by atoms with Crippen molar-refractivity contribution >= 4 is 10.0 Å². The molecule has 0 aromatic heterocycles. The molecule has 136 valence electrons. The third-order valence-corrected chi connectivity index (χ3v) is 7.01. The Bertz CT molecular complexity index is 926. The lowest BCUT2D eigenvalue weighted by molar-refractivity contribution is 0.162. The number of nitrogens with zero attached hydrogens (tertiary/aromatic N) is 3. The van der Waals surface area contributed by atoms with Crippen molar-refractivity contribution in [3.8, 4) is 6.07 Å². The number of hydrogen-bond acceptors (Lipinski definition) is 4. The molecule has 1 aliphatic heterocycles. The van der Waals surface area contributed by atoms with Crippen LogP contribution in [0, 0.1) is 25.2 Å². The summed E-state index contributed by atoms with van der Waals surface area (Å²) in [5.74, 6) is 0. The maximum absolute atomic E-state index is 12.9. The Morgan fingerprint density at radius 3 is 2.08 bits per heavy atom. The molecule has 6 heteroatoms. The molecule has 0 bridgehead atoms. The van der Waals surface area contributed by atoms with Crippen LogP contribution in [0.5, 0.6) is 0 Å². The highest BCUT2D eigenvalue weighted by Gasteiger charge is 2.32. The van der Waals surface area contributed by atoms with Crippen LogP contribution in [0.1, 0.15) is 22.7 Å². The lowest BCUT2D eigenvalue weighted by atomic mass is 10.0. The predicted octanol–water partition coefficient (Wildman–Crippen LogP) is 2.87. The summed E-state index contributed by atoms with van der Waals surface area (Å²) in [5.41, 5.74) is 2.82. The van der Waals surface area contributed by atoms with Gasteiger partial charge in [-0.3, -0.25) is 4.90 Å². The van der Waals surface area contributed by atoms with Crippen molar-refractivity contribution in [1.29, 1.82) is 5.26 Å². The first-order valence-electron chi connectivity index (χ1n) is 8.70. The van der Waals surface area contributed by atoms with Crippen LogP contribution in [-0.4, -0.2) is 43.8 Å². The van der Waals surface area contributed by atoms with Gasteiger partial charge >= 0.3 is 0 Å². The summed E-state index contributed by atoms with van der Waals surface area (Å²) in [4.78, 5) is 2.43. The van der Waals surface area contributed by atoms with Crippen molar-refractivity contribution < 1.29 is 8.42 Å². The fourth-order valence-electron chi connectivity index (χ4n) is 3.43. The van der Waals surface area contributed by atoms with Gasteiger partial charge in [-0.2, -0.15) is 9.57 Å². The number of rotatable bonds is 4. The molecule has 0 radical (unpaired) electrons. The van der Waals surface area contributed by atoms with E-state index in [1.807, 2.05) is 50.2 Å². The monoisotopic (exact) mass is 369 g/mol. The van der Waals surface area contributed by atoms with E-state index in [2.05, 4.69) is 11.0 Å². The van der Waals surface area contributed by atoms with Gasteiger partial charge in [-0.1, -0.05) is 42.5 Å². The SMILES string of the molecule is Cc1ccccc1C(C#N)N1CCN(S(=O)(=O)c2ccccc2C)CC1. The smallest absolute Gasteiger partial charge is 0.243 e. The normalized spacial score (nSPS) is 17.6. The molecule has 0 amide bonds. The van der Waals surface area contributed by atoms with Gasteiger partial charge in [0, 0.05) is 26.2 Å². The molecule has 0 N–H and O–H groups in total. The zero-order valence-electron chi connectivity index (χ0n) is 15.1. The number of sulfonamides is 1. The Labute approximate surface area is 155 Å². The zero-order chi connectivity index (χ0) is 18.7. The van der Waals surface area contributed by atoms with E-state index >= 15 is 0 Å². The molecule has 1 aliphatic rings. The highest BCUT2D eigenvalue weighted by Crippen LogP contribution is 2.26. The van der Waals surface area contributed by atoms with Crippen LogP contribution in [0.4, 0.5) is 0 Å². The molecule has 26 heavy (non-hydrogen) atoms. The fourth-order valence-corrected chi connectivity index (χ4v) is 5.08. The van der Waals surface area contributed by atoms with E-state index < -0.39 is 10.0 Å². The van der Waals surface area contributed by atoms with E-state index in [1.165, 1.54) is 4.31 Å². The molecular weight excluding hydrogens is 346 g/mol. The number of nitriles is 1. The first-order valence-corrected chi connectivity index (χ1v) is 10.1. The van der Waals surface area contributed by atoms with E-state index in [-0.39, 0.29) is 6.04 Å². The van der Waals surface area contributed by atoms with E-state index in [4.69, 9.17) is 0 Å². The second-order valence-electron chi connectivity index (χ2n) is 6.59. The maximum Gasteiger partial charge on any atom is 0.243 e. The van der Waals surface area contributed by atoms with E-state index in [1.54, 1.807) is 12.1 Å². The van der Waals surface area contributed by atoms with Crippen molar-refractivity contribution in [1.82, 2.24) is 9.21 Å². The molecule has 1 fully saturated rings. The summed E-state index contributed by atoms with van der Waals surface area (Å²) in [7, 11) is -3.50. The molecule has 5 nitrogen and oxygen atoms in total. The van der Waals surface area contributed by atoms with Gasteiger partial charge in [0.15, 0.2) is 0 Å². The topological polar surface area (TPSA) is 64.4 Å². The lowest BCUT2D eigenvalue weighted by Gasteiger charge is -2.36. The zero-order valence-corrected chi connectivity index (χ0v) is 15.9. The second kappa shape index (κ2) is 7.58. The van der Waals surface area contributed by atoms with E-state index in [0.717, 1.165) is 16.7 Å². The summed E-state index contributed by atoms with van der Waals surface area (Å²) in [5, 5.41) is 9.67. The lowest BCUT2D eigenvalue weighted by Crippen LogP contribution is -2.49. The Morgan fingerprint density at radius 2 is 1.50 bits per heavy atom. The van der Waals surface area contributed by atoms with Crippen LogP contribution >= 0.6 is 0 Å². The fraction of sp³-hybridized carbons (Fsp3) is 0.350. The summed E-state index contributed by atoms with van der Waals surface area (Å²) >= 11 is 0. The van der Waals surface area contributed by atoms with E-state index in [9.17, 15) is 13.7 Å². The molecule has 2 aromatic carbocycles. The third kappa shape index (κ3) is 3.51. The molecule has 2 aromatic rings. The van der Waals surface area contributed by atoms with Crippen LogP contribution in [0.3, 0.4) is 0 Å². The average Bonchev–Trinajstić information content (AvgIpc) is 2.64. The average molecular weight is 369 g/mol. The largest absolute Gasteiger partial charge is 0.282 e. The minimum Gasteiger partial charge on any atom is -0.282 e. The van der Waals surface area contributed by atoms with Crippen LogP contribution in [0.15, 0.2) is 53.4 Å². The highest BCUT2D eigenvalue weighted by atomic mass is 32.2.